The lowest BCUT2D eigenvalue weighted by Gasteiger charge is -2.26. The summed E-state index contributed by atoms with van der Waals surface area (Å²) in [6.45, 7) is 2.36. The number of carbonyl (C=O) groups excluding carboxylic acids is 3. The number of amides is 1. The summed E-state index contributed by atoms with van der Waals surface area (Å²) in [4.78, 5) is 38.5. The molecular weight excluding hydrogens is 445 g/mol. The van der Waals surface area contributed by atoms with E-state index in [9.17, 15) is 36.3 Å². The number of halogens is 5. The summed E-state index contributed by atoms with van der Waals surface area (Å²) in [5, 5.41) is 2.77. The van der Waals surface area contributed by atoms with Crippen LogP contribution in [0.3, 0.4) is 0 Å². The minimum absolute atomic E-state index is 0.411. The number of rotatable bonds is 7. The van der Waals surface area contributed by atoms with Gasteiger partial charge in [-0.05, 0) is 31.0 Å². The molecule has 0 radical (unpaired) electrons. The molecule has 3 rings (SSSR count). The van der Waals surface area contributed by atoms with E-state index in [4.69, 9.17) is 0 Å². The quantitative estimate of drug-likeness (QED) is 0.406. The first-order valence-electron chi connectivity index (χ1n) is 10.3. The van der Waals surface area contributed by atoms with Crippen LogP contribution in [0.5, 0.6) is 0 Å². The Balaban J connectivity index is 1.83. The van der Waals surface area contributed by atoms with Crippen LogP contribution >= 0.6 is 0 Å². The van der Waals surface area contributed by atoms with Crippen molar-refractivity contribution in [2.75, 3.05) is 5.32 Å². The third kappa shape index (κ3) is 4.82. The van der Waals surface area contributed by atoms with Gasteiger partial charge in [-0.3, -0.25) is 14.4 Å². The van der Waals surface area contributed by atoms with E-state index >= 15 is 0 Å². The van der Waals surface area contributed by atoms with Crippen molar-refractivity contribution in [3.05, 3.63) is 54.1 Å². The number of benzene rings is 2. The van der Waals surface area contributed by atoms with Gasteiger partial charge >= 0.3 is 12.1 Å². The predicted molar refractivity (Wildman–Crippen MR) is 112 cm³/mol. The summed E-state index contributed by atoms with van der Waals surface area (Å²) < 4.78 is 63.7. The van der Waals surface area contributed by atoms with Gasteiger partial charge in [0.25, 0.3) is 0 Å². The van der Waals surface area contributed by atoms with Gasteiger partial charge < -0.3 is 5.32 Å². The number of fused-ring (bicyclic) bond motifs is 3. The van der Waals surface area contributed by atoms with Crippen LogP contribution in [0.15, 0.2) is 48.5 Å². The topological polar surface area (TPSA) is 63.2 Å². The molecular formula is C24H22F5NO3. The normalized spacial score (nSPS) is 16.3. The number of para-hydroxylation sites is 1. The summed E-state index contributed by atoms with van der Waals surface area (Å²) in [7, 11) is 0. The number of anilines is 1. The number of hydrogen-bond acceptors (Lipinski definition) is 3. The van der Waals surface area contributed by atoms with Crippen LogP contribution in [0.1, 0.15) is 44.6 Å². The van der Waals surface area contributed by atoms with Crippen molar-refractivity contribution in [3.63, 3.8) is 0 Å². The highest BCUT2D eigenvalue weighted by atomic mass is 19.4. The SMILES string of the molecule is CC(C)(C(=O)CCC(F)(F)C(F)(F)F)C(=O)C[C@@H]1C(=O)Nc2ccccc2-c2ccccc21. The highest BCUT2D eigenvalue weighted by molar-refractivity contribution is 6.10. The fourth-order valence-corrected chi connectivity index (χ4v) is 3.76. The summed E-state index contributed by atoms with van der Waals surface area (Å²) >= 11 is 0. The first-order valence-corrected chi connectivity index (χ1v) is 10.3. The molecule has 2 aromatic carbocycles. The van der Waals surface area contributed by atoms with E-state index in [1.54, 1.807) is 42.5 Å². The lowest BCUT2D eigenvalue weighted by atomic mass is 9.76. The van der Waals surface area contributed by atoms with Crippen LogP contribution in [-0.4, -0.2) is 29.6 Å². The number of carbonyl (C=O) groups is 3. The second-order valence-corrected chi connectivity index (χ2v) is 8.55. The standard InChI is InChI=1S/C24H22F5NO3/c1-22(2,19(31)11-12-23(25,26)24(27,28)29)20(32)13-17-15-8-4-3-7-14(15)16-9-5-6-10-18(16)30-21(17)33/h3-10,17H,11-13H2,1-2H3,(H,30,33)/t17-/m0/s1. The number of hydrogen-bond donors (Lipinski definition) is 1. The van der Waals surface area contributed by atoms with Crippen LogP contribution in [0.25, 0.3) is 11.1 Å². The highest BCUT2D eigenvalue weighted by Gasteiger charge is 2.57. The Labute approximate surface area is 187 Å². The van der Waals surface area contributed by atoms with Crippen molar-refractivity contribution >= 4 is 23.2 Å². The highest BCUT2D eigenvalue weighted by Crippen LogP contribution is 2.42. The maximum atomic E-state index is 13.2. The minimum Gasteiger partial charge on any atom is -0.325 e. The molecule has 9 heteroatoms. The molecule has 0 aliphatic carbocycles. The summed E-state index contributed by atoms with van der Waals surface area (Å²) in [5.41, 5.74) is 0.741. The van der Waals surface area contributed by atoms with Gasteiger partial charge in [0.05, 0.1) is 11.3 Å². The largest absolute Gasteiger partial charge is 0.453 e. The van der Waals surface area contributed by atoms with Gasteiger partial charge in [-0.25, -0.2) is 0 Å². The fraction of sp³-hybridized carbons (Fsp3) is 0.375. The van der Waals surface area contributed by atoms with Gasteiger partial charge in [0.2, 0.25) is 5.91 Å². The monoisotopic (exact) mass is 467 g/mol. The van der Waals surface area contributed by atoms with Crippen molar-refractivity contribution in [2.24, 2.45) is 5.41 Å². The number of alkyl halides is 5. The van der Waals surface area contributed by atoms with Crippen LogP contribution in [0.4, 0.5) is 27.6 Å². The average Bonchev–Trinajstić information content (AvgIpc) is 2.86. The zero-order chi connectivity index (χ0) is 24.6. The first kappa shape index (κ1) is 24.5. The van der Waals surface area contributed by atoms with Gasteiger partial charge in [-0.1, -0.05) is 42.5 Å². The maximum absolute atomic E-state index is 13.2. The Morgan fingerprint density at radius 1 is 0.879 bits per heavy atom. The van der Waals surface area contributed by atoms with Gasteiger partial charge in [-0.15, -0.1) is 0 Å². The van der Waals surface area contributed by atoms with Crippen LogP contribution in [-0.2, 0) is 14.4 Å². The molecule has 0 aromatic heterocycles. The zero-order valence-corrected chi connectivity index (χ0v) is 17.9. The Kier molecular flexibility index (Phi) is 6.46. The van der Waals surface area contributed by atoms with Crippen LogP contribution in [0.2, 0.25) is 0 Å². The van der Waals surface area contributed by atoms with E-state index < -0.39 is 60.2 Å². The van der Waals surface area contributed by atoms with Crippen LogP contribution in [0, 0.1) is 5.41 Å². The summed E-state index contributed by atoms with van der Waals surface area (Å²) in [5.74, 6) is -8.24. The molecule has 1 amide bonds. The molecule has 33 heavy (non-hydrogen) atoms. The Morgan fingerprint density at radius 3 is 2.09 bits per heavy atom. The van der Waals surface area contributed by atoms with Gasteiger partial charge in [-0.2, -0.15) is 22.0 Å². The summed E-state index contributed by atoms with van der Waals surface area (Å²) in [6, 6.07) is 14.0. The lowest BCUT2D eigenvalue weighted by Crippen LogP contribution is -2.40. The molecule has 1 N–H and O–H groups in total. The second-order valence-electron chi connectivity index (χ2n) is 8.55. The number of Topliss-reactive ketones (excluding diaryl/α,β-unsaturated/α-hetero) is 2. The third-order valence-corrected chi connectivity index (χ3v) is 5.99. The van der Waals surface area contributed by atoms with Crippen molar-refractivity contribution < 1.29 is 36.3 Å². The smallest absolute Gasteiger partial charge is 0.325 e. The molecule has 0 unspecified atom stereocenters. The third-order valence-electron chi connectivity index (χ3n) is 5.99. The van der Waals surface area contributed by atoms with E-state index in [0.29, 0.717) is 11.3 Å². The first-order chi connectivity index (χ1) is 15.3. The molecule has 0 saturated heterocycles. The number of ketones is 2. The molecule has 2 aromatic rings. The lowest BCUT2D eigenvalue weighted by molar-refractivity contribution is -0.284. The molecule has 0 saturated carbocycles. The van der Waals surface area contributed by atoms with Gasteiger partial charge in [0.1, 0.15) is 11.6 Å². The molecule has 1 heterocycles. The Bertz CT molecular complexity index is 1090. The van der Waals surface area contributed by atoms with E-state index in [-0.39, 0.29) is 0 Å². The van der Waals surface area contributed by atoms with E-state index in [1.807, 2.05) is 6.07 Å². The molecule has 0 bridgehead atoms. The molecule has 1 aliphatic rings. The molecule has 4 nitrogen and oxygen atoms in total. The summed E-state index contributed by atoms with van der Waals surface area (Å²) in [6.07, 6.45) is -9.05. The fourth-order valence-electron chi connectivity index (χ4n) is 3.76. The Morgan fingerprint density at radius 2 is 1.45 bits per heavy atom. The molecule has 1 aliphatic heterocycles. The van der Waals surface area contributed by atoms with Crippen molar-refractivity contribution in [3.8, 4) is 11.1 Å². The average molecular weight is 467 g/mol. The molecule has 0 fully saturated rings. The number of nitrogens with one attached hydrogen (secondary N) is 1. The van der Waals surface area contributed by atoms with Gasteiger partial charge in [0, 0.05) is 30.5 Å². The minimum atomic E-state index is -5.78. The van der Waals surface area contributed by atoms with Crippen LogP contribution < -0.4 is 5.32 Å². The van der Waals surface area contributed by atoms with Gasteiger partial charge in [0.15, 0.2) is 0 Å². The molecule has 1 atom stereocenters. The maximum Gasteiger partial charge on any atom is 0.453 e. The predicted octanol–water partition coefficient (Wildman–Crippen LogP) is 5.92. The Hall–Kier alpha value is -3.10. The molecule has 176 valence electrons. The van der Waals surface area contributed by atoms with Crippen molar-refractivity contribution in [1.29, 1.82) is 0 Å². The van der Waals surface area contributed by atoms with E-state index in [2.05, 4.69) is 5.32 Å². The second kappa shape index (κ2) is 8.68. The zero-order valence-electron chi connectivity index (χ0n) is 17.9. The van der Waals surface area contributed by atoms with E-state index in [0.717, 1.165) is 11.1 Å². The molecule has 0 spiro atoms. The van der Waals surface area contributed by atoms with E-state index in [1.165, 1.54) is 13.8 Å². The van der Waals surface area contributed by atoms with Crippen molar-refractivity contribution in [2.45, 2.75) is 51.1 Å². The van der Waals surface area contributed by atoms with Crippen molar-refractivity contribution in [1.82, 2.24) is 0 Å².